The molecule has 0 bridgehead atoms. The Morgan fingerprint density at radius 1 is 1.07 bits per heavy atom. The van der Waals surface area contributed by atoms with Gasteiger partial charge in [0, 0.05) is 35.3 Å². The van der Waals surface area contributed by atoms with Crippen LogP contribution in [0, 0.1) is 5.92 Å². The van der Waals surface area contributed by atoms with E-state index in [1.165, 1.54) is 0 Å². The summed E-state index contributed by atoms with van der Waals surface area (Å²) < 4.78 is 10.7. The van der Waals surface area contributed by atoms with Crippen LogP contribution in [0.3, 0.4) is 0 Å². The van der Waals surface area contributed by atoms with Gasteiger partial charge in [0.2, 0.25) is 5.95 Å². The van der Waals surface area contributed by atoms with E-state index in [-0.39, 0.29) is 12.1 Å². The molecule has 2 aromatic carbocycles. The molecule has 3 aromatic rings. The Morgan fingerprint density at radius 2 is 1.77 bits per heavy atom. The summed E-state index contributed by atoms with van der Waals surface area (Å²) >= 11 is 13.1. The number of hydrogen-bond acceptors (Lipinski definition) is 6. The fraction of sp³-hybridized carbons (Fsp3) is 0.364. The Labute approximate surface area is 185 Å². The SMILES string of the molecule is COc1cc(OC)c(Cl)c(-c2ccc3nc(N[C@@H]4CC(C)C[C@@H]4N)ncc3c2)c1Cl. The van der Waals surface area contributed by atoms with Crippen molar-refractivity contribution >= 4 is 40.1 Å². The molecule has 4 rings (SSSR count). The number of halogens is 2. The third kappa shape index (κ3) is 3.87. The normalized spacial score (nSPS) is 21.1. The third-order valence-electron chi connectivity index (χ3n) is 5.60. The highest BCUT2D eigenvalue weighted by molar-refractivity contribution is 6.41. The van der Waals surface area contributed by atoms with Crippen LogP contribution < -0.4 is 20.5 Å². The summed E-state index contributed by atoms with van der Waals surface area (Å²) in [7, 11) is 3.11. The van der Waals surface area contributed by atoms with Crippen LogP contribution >= 0.6 is 23.2 Å². The minimum atomic E-state index is 0.119. The first-order valence-electron chi connectivity index (χ1n) is 9.80. The van der Waals surface area contributed by atoms with E-state index in [9.17, 15) is 0 Å². The quantitative estimate of drug-likeness (QED) is 0.563. The van der Waals surface area contributed by atoms with Gasteiger partial charge in [-0.3, -0.25) is 0 Å². The zero-order valence-electron chi connectivity index (χ0n) is 17.1. The molecule has 6 nitrogen and oxygen atoms in total. The van der Waals surface area contributed by atoms with Crippen molar-refractivity contribution in [3.63, 3.8) is 0 Å². The summed E-state index contributed by atoms with van der Waals surface area (Å²) in [5, 5.41) is 5.10. The number of nitrogens with zero attached hydrogens (tertiary/aromatic N) is 2. The van der Waals surface area contributed by atoms with Gasteiger partial charge in [-0.05, 0) is 36.5 Å². The molecule has 1 aliphatic carbocycles. The minimum absolute atomic E-state index is 0.119. The van der Waals surface area contributed by atoms with Gasteiger partial charge in [-0.2, -0.15) is 0 Å². The molecule has 8 heteroatoms. The number of nitrogens with one attached hydrogen (secondary N) is 1. The van der Waals surface area contributed by atoms with E-state index >= 15 is 0 Å². The van der Waals surface area contributed by atoms with Crippen LogP contribution in [0.2, 0.25) is 10.0 Å². The molecule has 158 valence electrons. The lowest BCUT2D eigenvalue weighted by Gasteiger charge is -2.17. The van der Waals surface area contributed by atoms with Crippen LogP contribution in [0.4, 0.5) is 5.95 Å². The molecule has 1 aliphatic rings. The van der Waals surface area contributed by atoms with Crippen molar-refractivity contribution in [1.29, 1.82) is 0 Å². The van der Waals surface area contributed by atoms with Crippen LogP contribution in [0.15, 0.2) is 30.5 Å². The number of fused-ring (bicyclic) bond motifs is 1. The van der Waals surface area contributed by atoms with Crippen molar-refractivity contribution < 1.29 is 9.47 Å². The molecular formula is C22H24Cl2N4O2. The average molecular weight is 447 g/mol. The van der Waals surface area contributed by atoms with Gasteiger partial charge in [0.25, 0.3) is 0 Å². The molecule has 30 heavy (non-hydrogen) atoms. The molecule has 0 radical (unpaired) electrons. The summed E-state index contributed by atoms with van der Waals surface area (Å²) in [6.07, 6.45) is 3.83. The molecular weight excluding hydrogens is 423 g/mol. The number of rotatable bonds is 5. The van der Waals surface area contributed by atoms with Gasteiger partial charge in [0.05, 0.1) is 29.8 Å². The molecule has 1 unspecified atom stereocenters. The van der Waals surface area contributed by atoms with Crippen LogP contribution in [-0.2, 0) is 0 Å². The van der Waals surface area contributed by atoms with E-state index in [0.29, 0.717) is 39.0 Å². The van der Waals surface area contributed by atoms with E-state index in [0.717, 1.165) is 29.3 Å². The van der Waals surface area contributed by atoms with Gasteiger partial charge >= 0.3 is 0 Å². The number of ether oxygens (including phenoxy) is 2. The Bertz CT molecular complexity index is 1060. The largest absolute Gasteiger partial charge is 0.495 e. The van der Waals surface area contributed by atoms with Gasteiger partial charge in [-0.1, -0.05) is 36.2 Å². The average Bonchev–Trinajstić information content (AvgIpc) is 3.05. The van der Waals surface area contributed by atoms with Crippen LogP contribution in [0.25, 0.3) is 22.0 Å². The van der Waals surface area contributed by atoms with E-state index in [1.54, 1.807) is 26.5 Å². The monoisotopic (exact) mass is 446 g/mol. The highest BCUT2D eigenvalue weighted by Crippen LogP contribution is 2.46. The van der Waals surface area contributed by atoms with E-state index < -0.39 is 0 Å². The first-order chi connectivity index (χ1) is 14.4. The summed E-state index contributed by atoms with van der Waals surface area (Å²) in [4.78, 5) is 9.14. The zero-order valence-corrected chi connectivity index (χ0v) is 18.6. The lowest BCUT2D eigenvalue weighted by molar-refractivity contribution is 0.395. The summed E-state index contributed by atoms with van der Waals surface area (Å²) in [6, 6.07) is 7.79. The number of nitrogens with two attached hydrogens (primary N) is 1. The predicted molar refractivity (Wildman–Crippen MR) is 122 cm³/mol. The highest BCUT2D eigenvalue weighted by atomic mass is 35.5. The standard InChI is InChI=1S/C22H24Cl2N4O2/c1-11-6-14(25)16(7-11)28-22-26-10-13-8-12(4-5-15(13)27-22)19-20(23)17(29-2)9-18(30-3)21(19)24/h4-5,8-11,14,16H,6-7,25H2,1-3H3,(H,26,27,28)/t11?,14-,16+/m0/s1. The molecule has 1 saturated carbocycles. The first kappa shape index (κ1) is 21.0. The molecule has 0 spiro atoms. The summed E-state index contributed by atoms with van der Waals surface area (Å²) in [5.41, 5.74) is 8.51. The molecule has 0 amide bonds. The van der Waals surface area contributed by atoms with Gasteiger partial charge in [-0.15, -0.1) is 0 Å². The third-order valence-corrected chi connectivity index (χ3v) is 6.35. The van der Waals surface area contributed by atoms with Gasteiger partial charge in [0.1, 0.15) is 11.5 Å². The number of methoxy groups -OCH3 is 2. The maximum atomic E-state index is 6.56. The van der Waals surface area contributed by atoms with Crippen molar-refractivity contribution in [1.82, 2.24) is 9.97 Å². The molecule has 1 fully saturated rings. The van der Waals surface area contributed by atoms with Crippen LogP contribution in [0.1, 0.15) is 19.8 Å². The van der Waals surface area contributed by atoms with Crippen molar-refractivity contribution in [2.24, 2.45) is 11.7 Å². The first-order valence-corrected chi connectivity index (χ1v) is 10.6. The molecule has 1 heterocycles. The topological polar surface area (TPSA) is 82.3 Å². The van der Waals surface area contributed by atoms with Gasteiger partial charge in [-0.25, -0.2) is 9.97 Å². The predicted octanol–water partition coefficient (Wildman–Crippen LogP) is 5.16. The maximum Gasteiger partial charge on any atom is 0.223 e. The second-order valence-corrected chi connectivity index (χ2v) is 8.50. The fourth-order valence-electron chi connectivity index (χ4n) is 4.06. The van der Waals surface area contributed by atoms with E-state index in [1.807, 2.05) is 18.2 Å². The van der Waals surface area contributed by atoms with Crippen molar-refractivity contribution in [2.45, 2.75) is 31.8 Å². The summed E-state index contributed by atoms with van der Waals surface area (Å²) in [5.74, 6) is 2.18. The Hall–Kier alpha value is -2.28. The van der Waals surface area contributed by atoms with E-state index in [4.69, 9.17) is 38.4 Å². The minimum Gasteiger partial charge on any atom is -0.495 e. The smallest absolute Gasteiger partial charge is 0.223 e. The lowest BCUT2D eigenvalue weighted by Crippen LogP contribution is -2.35. The van der Waals surface area contributed by atoms with Crippen molar-refractivity contribution in [3.05, 3.63) is 40.5 Å². The lowest BCUT2D eigenvalue weighted by atomic mass is 10.0. The molecule has 1 aromatic heterocycles. The second-order valence-electron chi connectivity index (χ2n) is 7.74. The van der Waals surface area contributed by atoms with Crippen molar-refractivity contribution in [2.75, 3.05) is 19.5 Å². The Kier molecular flexibility index (Phi) is 5.91. The molecule has 0 saturated heterocycles. The maximum absolute atomic E-state index is 6.56. The number of hydrogen-bond donors (Lipinski definition) is 2. The highest BCUT2D eigenvalue weighted by Gasteiger charge is 2.29. The molecule has 3 N–H and O–H groups in total. The zero-order chi connectivity index (χ0) is 21.4. The van der Waals surface area contributed by atoms with Crippen LogP contribution in [0.5, 0.6) is 11.5 Å². The number of anilines is 1. The molecule has 0 aliphatic heterocycles. The van der Waals surface area contributed by atoms with Crippen molar-refractivity contribution in [3.8, 4) is 22.6 Å². The van der Waals surface area contributed by atoms with Gasteiger partial charge in [0.15, 0.2) is 0 Å². The number of aromatic nitrogens is 2. The Balaban J connectivity index is 1.70. The second kappa shape index (κ2) is 8.46. The fourth-order valence-corrected chi connectivity index (χ4v) is 4.78. The summed E-state index contributed by atoms with van der Waals surface area (Å²) in [6.45, 7) is 2.22. The Morgan fingerprint density at radius 3 is 2.37 bits per heavy atom. The number of benzene rings is 2. The van der Waals surface area contributed by atoms with Crippen LogP contribution in [-0.4, -0.2) is 36.3 Å². The molecule has 3 atom stereocenters. The van der Waals surface area contributed by atoms with Gasteiger partial charge < -0.3 is 20.5 Å². The van der Waals surface area contributed by atoms with E-state index in [2.05, 4.69) is 22.2 Å².